The van der Waals surface area contributed by atoms with Crippen LogP contribution in [0.1, 0.15) is 43.4 Å². The molecule has 2 aromatic heterocycles. The fourth-order valence-corrected chi connectivity index (χ4v) is 4.88. The van der Waals surface area contributed by atoms with E-state index < -0.39 is 24.5 Å². The van der Waals surface area contributed by atoms with E-state index in [1.54, 1.807) is 13.1 Å². The van der Waals surface area contributed by atoms with Crippen molar-refractivity contribution in [3.63, 3.8) is 0 Å². The Morgan fingerprint density at radius 1 is 1.20 bits per heavy atom. The van der Waals surface area contributed by atoms with Crippen molar-refractivity contribution in [2.24, 2.45) is 0 Å². The summed E-state index contributed by atoms with van der Waals surface area (Å²) in [5.41, 5.74) is 3.28. The Labute approximate surface area is 201 Å². The molecule has 1 saturated carbocycles. The molecule has 1 amide bonds. The van der Waals surface area contributed by atoms with Crippen LogP contribution in [0.3, 0.4) is 0 Å². The van der Waals surface area contributed by atoms with Gasteiger partial charge in [-0.2, -0.15) is 18.4 Å². The van der Waals surface area contributed by atoms with Gasteiger partial charge in [0, 0.05) is 54.9 Å². The minimum absolute atomic E-state index is 0.152. The molecule has 0 unspecified atom stereocenters. The molecule has 3 aromatic rings. The van der Waals surface area contributed by atoms with Gasteiger partial charge in [0.05, 0.1) is 11.3 Å². The smallest absolute Gasteiger partial charge is 0.352 e. The third kappa shape index (κ3) is 4.65. The molecule has 0 radical (unpaired) electrons. The molecule has 2 fully saturated rings. The van der Waals surface area contributed by atoms with Crippen molar-refractivity contribution in [3.8, 4) is 17.2 Å². The molecule has 6 nitrogen and oxygen atoms in total. The molecule has 0 bridgehead atoms. The first-order chi connectivity index (χ1) is 16.7. The van der Waals surface area contributed by atoms with Gasteiger partial charge in [0.1, 0.15) is 18.3 Å². The lowest BCUT2D eigenvalue weighted by atomic mass is 9.95. The first kappa shape index (κ1) is 23.1. The molecule has 5 rings (SSSR count). The van der Waals surface area contributed by atoms with Crippen LogP contribution in [0.25, 0.3) is 21.9 Å². The third-order valence-corrected chi connectivity index (χ3v) is 6.69. The Kier molecular flexibility index (Phi) is 5.83. The van der Waals surface area contributed by atoms with E-state index in [9.17, 15) is 23.2 Å². The van der Waals surface area contributed by atoms with Crippen molar-refractivity contribution in [2.45, 2.75) is 44.3 Å². The molecule has 1 aliphatic heterocycles. The van der Waals surface area contributed by atoms with Crippen molar-refractivity contribution in [1.29, 1.82) is 5.26 Å². The van der Waals surface area contributed by atoms with Crippen LogP contribution in [-0.4, -0.2) is 52.6 Å². The number of rotatable bonds is 4. The minimum Gasteiger partial charge on any atom is -0.352 e. The van der Waals surface area contributed by atoms with E-state index >= 15 is 0 Å². The van der Waals surface area contributed by atoms with E-state index in [-0.39, 0.29) is 6.54 Å². The molecule has 1 atom stereocenters. The number of benzene rings is 1. The fourth-order valence-electron chi connectivity index (χ4n) is 4.88. The first-order valence-electron chi connectivity index (χ1n) is 11.6. The van der Waals surface area contributed by atoms with Gasteiger partial charge in [-0.1, -0.05) is 18.2 Å². The van der Waals surface area contributed by atoms with E-state index in [0.29, 0.717) is 30.4 Å². The van der Waals surface area contributed by atoms with Crippen molar-refractivity contribution < 1.29 is 18.0 Å². The number of halogens is 3. The summed E-state index contributed by atoms with van der Waals surface area (Å²) in [5.74, 6) is -0.0759. The summed E-state index contributed by atoms with van der Waals surface area (Å²) in [4.78, 5) is 24.5. The quantitative estimate of drug-likeness (QED) is 0.525. The molecule has 35 heavy (non-hydrogen) atoms. The predicted molar refractivity (Wildman–Crippen MR) is 126 cm³/mol. The minimum atomic E-state index is -4.53. The Balaban J connectivity index is 1.49. The summed E-state index contributed by atoms with van der Waals surface area (Å²) in [5, 5.41) is 12.0. The van der Waals surface area contributed by atoms with Crippen LogP contribution < -0.4 is 4.90 Å². The van der Waals surface area contributed by atoms with Crippen LogP contribution in [0, 0.1) is 11.3 Å². The van der Waals surface area contributed by atoms with Crippen LogP contribution in [0.2, 0.25) is 0 Å². The molecule has 0 spiro atoms. The van der Waals surface area contributed by atoms with Crippen molar-refractivity contribution in [1.82, 2.24) is 14.9 Å². The molecule has 2 aliphatic rings. The number of anilines is 1. The standard InChI is InChI=1S/C26H24F3N5O/c1-16-15-33(9-10-34(16)23(35)12-26(27,28)29)25-19(13-30)11-22(24(32-25)17-5-6-17)21-4-2-3-18-14-31-8-7-20(18)21/h2-4,7-8,11,14,16-17H,5-6,9-10,12,15H2,1H3/t16-/m1/s1. The lowest BCUT2D eigenvalue weighted by molar-refractivity contribution is -0.163. The highest BCUT2D eigenvalue weighted by Gasteiger charge is 2.37. The van der Waals surface area contributed by atoms with Crippen LogP contribution in [0.4, 0.5) is 19.0 Å². The molecule has 3 heterocycles. The summed E-state index contributed by atoms with van der Waals surface area (Å²) < 4.78 is 38.2. The second-order valence-electron chi connectivity index (χ2n) is 9.25. The number of nitrogens with zero attached hydrogens (tertiary/aromatic N) is 5. The number of aromatic nitrogens is 2. The topological polar surface area (TPSA) is 73.1 Å². The van der Waals surface area contributed by atoms with E-state index in [0.717, 1.165) is 40.4 Å². The van der Waals surface area contributed by atoms with E-state index in [4.69, 9.17) is 4.98 Å². The highest BCUT2D eigenvalue weighted by atomic mass is 19.4. The third-order valence-electron chi connectivity index (χ3n) is 6.69. The Bertz CT molecular complexity index is 1320. The van der Waals surface area contributed by atoms with Crippen molar-refractivity contribution >= 4 is 22.5 Å². The predicted octanol–water partition coefficient (Wildman–Crippen LogP) is 5.04. The van der Waals surface area contributed by atoms with Crippen molar-refractivity contribution in [2.75, 3.05) is 24.5 Å². The van der Waals surface area contributed by atoms with Gasteiger partial charge in [-0.15, -0.1) is 0 Å². The summed E-state index contributed by atoms with van der Waals surface area (Å²) in [6, 6.07) is 11.7. The van der Waals surface area contributed by atoms with E-state index in [1.807, 2.05) is 41.4 Å². The summed E-state index contributed by atoms with van der Waals surface area (Å²) in [6.45, 7) is 2.51. The van der Waals surface area contributed by atoms with Gasteiger partial charge >= 0.3 is 6.18 Å². The van der Waals surface area contributed by atoms with Gasteiger partial charge in [0.15, 0.2) is 0 Å². The normalized spacial score (nSPS) is 18.5. The monoisotopic (exact) mass is 479 g/mol. The number of hydrogen-bond donors (Lipinski definition) is 0. The van der Waals surface area contributed by atoms with Crippen LogP contribution in [0.5, 0.6) is 0 Å². The maximum atomic E-state index is 12.7. The number of carbonyl (C=O) groups is 1. The second-order valence-corrected chi connectivity index (χ2v) is 9.25. The maximum Gasteiger partial charge on any atom is 0.397 e. The molecule has 0 N–H and O–H groups in total. The van der Waals surface area contributed by atoms with Crippen LogP contribution in [0.15, 0.2) is 42.7 Å². The molecular weight excluding hydrogens is 455 g/mol. The Hall–Kier alpha value is -3.67. The average Bonchev–Trinajstić information content (AvgIpc) is 3.67. The highest BCUT2D eigenvalue weighted by Crippen LogP contribution is 2.46. The Morgan fingerprint density at radius 3 is 2.69 bits per heavy atom. The number of alkyl halides is 3. The molecule has 1 aromatic carbocycles. The van der Waals surface area contributed by atoms with Gasteiger partial charge in [0.2, 0.25) is 5.91 Å². The van der Waals surface area contributed by atoms with Gasteiger partial charge in [-0.3, -0.25) is 9.78 Å². The molecule has 1 saturated heterocycles. The summed E-state index contributed by atoms with van der Waals surface area (Å²) in [7, 11) is 0. The van der Waals surface area contributed by atoms with Crippen LogP contribution in [-0.2, 0) is 4.79 Å². The first-order valence-corrected chi connectivity index (χ1v) is 11.6. The average molecular weight is 480 g/mol. The number of piperazine rings is 1. The Morgan fingerprint density at radius 2 is 2.00 bits per heavy atom. The number of fused-ring (bicyclic) bond motifs is 1. The van der Waals surface area contributed by atoms with Gasteiger partial charge in [-0.05, 0) is 42.8 Å². The molecule has 1 aliphatic carbocycles. The van der Waals surface area contributed by atoms with Gasteiger partial charge in [0.25, 0.3) is 0 Å². The van der Waals surface area contributed by atoms with Crippen molar-refractivity contribution in [3.05, 3.63) is 54.0 Å². The fraction of sp³-hybridized carbons (Fsp3) is 0.385. The zero-order valence-electron chi connectivity index (χ0n) is 19.2. The molecule has 180 valence electrons. The van der Waals surface area contributed by atoms with E-state index in [2.05, 4.69) is 11.1 Å². The number of hydrogen-bond acceptors (Lipinski definition) is 5. The summed E-state index contributed by atoms with van der Waals surface area (Å²) >= 11 is 0. The van der Waals surface area contributed by atoms with Crippen LogP contribution >= 0.6 is 0 Å². The highest BCUT2D eigenvalue weighted by molar-refractivity contribution is 5.97. The summed E-state index contributed by atoms with van der Waals surface area (Å²) in [6.07, 6.45) is -0.391. The number of amides is 1. The van der Waals surface area contributed by atoms with E-state index in [1.165, 1.54) is 4.90 Å². The zero-order chi connectivity index (χ0) is 24.7. The number of carbonyl (C=O) groups excluding carboxylic acids is 1. The van der Waals surface area contributed by atoms with Gasteiger partial charge in [-0.25, -0.2) is 4.98 Å². The number of nitriles is 1. The second kappa shape index (κ2) is 8.84. The lowest BCUT2D eigenvalue weighted by Crippen LogP contribution is -2.55. The largest absolute Gasteiger partial charge is 0.397 e. The SMILES string of the molecule is C[C@@H]1CN(c2nc(C3CC3)c(-c3cccc4cnccc34)cc2C#N)CCN1C(=O)CC(F)(F)F. The number of pyridine rings is 2. The maximum absolute atomic E-state index is 12.7. The molecule has 9 heteroatoms. The molecular formula is C26H24F3N5O. The zero-order valence-corrected chi connectivity index (χ0v) is 19.2. The lowest BCUT2D eigenvalue weighted by Gasteiger charge is -2.41. The van der Waals surface area contributed by atoms with Gasteiger partial charge < -0.3 is 9.80 Å².